The van der Waals surface area contributed by atoms with Crippen molar-refractivity contribution in [2.24, 2.45) is 14.1 Å². The molecule has 1 unspecified atom stereocenters. The predicted molar refractivity (Wildman–Crippen MR) is 101 cm³/mol. The summed E-state index contributed by atoms with van der Waals surface area (Å²) in [5.41, 5.74) is 2.64. The number of methoxy groups -OCH3 is 1. The third kappa shape index (κ3) is 3.24. The molecule has 0 bridgehead atoms. The van der Waals surface area contributed by atoms with Gasteiger partial charge in [-0.2, -0.15) is 10.2 Å². The molecule has 4 heterocycles. The summed E-state index contributed by atoms with van der Waals surface area (Å²) in [6.07, 6.45) is 6.98. The third-order valence-corrected chi connectivity index (χ3v) is 4.39. The van der Waals surface area contributed by atoms with E-state index in [0.29, 0.717) is 18.2 Å². The van der Waals surface area contributed by atoms with Gasteiger partial charge in [-0.3, -0.25) is 14.3 Å². The first kappa shape index (κ1) is 17.1. The normalized spacial score (nSPS) is 12.4. The zero-order valence-corrected chi connectivity index (χ0v) is 15.4. The molecular weight excluding hydrogens is 344 g/mol. The molecule has 1 atom stereocenters. The molecule has 0 saturated carbocycles. The number of ether oxygens (including phenoxy) is 1. The first-order valence-electron chi connectivity index (χ1n) is 8.51. The Morgan fingerprint density at radius 2 is 1.85 bits per heavy atom. The summed E-state index contributed by atoms with van der Waals surface area (Å²) in [5, 5.41) is 12.9. The van der Waals surface area contributed by atoms with Crippen LogP contribution in [0.25, 0.3) is 22.4 Å². The topological polar surface area (TPSA) is 95.6 Å². The number of anilines is 1. The molecule has 0 saturated heterocycles. The van der Waals surface area contributed by atoms with E-state index in [9.17, 15) is 0 Å². The standard InChI is InChI=1S/C18H20N8O/c1-25-15(6-9-20-25)14(11-27-3)22-17-13-10-21-26(2)18(13)24-16(23-17)12-4-7-19-8-5-12/h4-10,14H,11H2,1-3H3,(H,22,23,24). The van der Waals surface area contributed by atoms with Gasteiger partial charge in [-0.25, -0.2) is 9.97 Å². The predicted octanol–water partition coefficient (Wildman–Crippen LogP) is 1.96. The van der Waals surface area contributed by atoms with Crippen molar-refractivity contribution < 1.29 is 4.74 Å². The van der Waals surface area contributed by atoms with Crippen LogP contribution in [0.3, 0.4) is 0 Å². The van der Waals surface area contributed by atoms with Gasteiger partial charge in [0, 0.05) is 45.4 Å². The average molecular weight is 364 g/mol. The van der Waals surface area contributed by atoms with Crippen LogP contribution in [0.5, 0.6) is 0 Å². The van der Waals surface area contributed by atoms with Gasteiger partial charge in [0.15, 0.2) is 11.5 Å². The molecule has 0 aliphatic rings. The molecule has 0 aliphatic carbocycles. The molecular formula is C18H20N8O. The van der Waals surface area contributed by atoms with Gasteiger partial charge in [0.25, 0.3) is 0 Å². The van der Waals surface area contributed by atoms with Gasteiger partial charge < -0.3 is 10.1 Å². The van der Waals surface area contributed by atoms with Crippen LogP contribution in [0.2, 0.25) is 0 Å². The van der Waals surface area contributed by atoms with Gasteiger partial charge in [-0.1, -0.05) is 0 Å². The van der Waals surface area contributed by atoms with E-state index >= 15 is 0 Å². The van der Waals surface area contributed by atoms with Crippen molar-refractivity contribution >= 4 is 16.9 Å². The lowest BCUT2D eigenvalue weighted by atomic mass is 10.2. The number of aromatic nitrogens is 7. The van der Waals surface area contributed by atoms with Crippen molar-refractivity contribution in [2.75, 3.05) is 19.0 Å². The summed E-state index contributed by atoms with van der Waals surface area (Å²) in [4.78, 5) is 13.5. The summed E-state index contributed by atoms with van der Waals surface area (Å²) in [5.74, 6) is 1.31. The lowest BCUT2D eigenvalue weighted by molar-refractivity contribution is 0.184. The molecule has 4 aromatic heterocycles. The average Bonchev–Trinajstić information content (AvgIpc) is 3.28. The highest BCUT2D eigenvalue weighted by atomic mass is 16.5. The van der Waals surface area contributed by atoms with E-state index < -0.39 is 0 Å². The number of nitrogens with one attached hydrogen (secondary N) is 1. The molecule has 0 spiro atoms. The van der Waals surface area contributed by atoms with E-state index in [2.05, 4.69) is 25.5 Å². The van der Waals surface area contributed by atoms with E-state index in [1.165, 1.54) is 0 Å². The highest BCUT2D eigenvalue weighted by Crippen LogP contribution is 2.27. The Bertz CT molecular complexity index is 1060. The number of rotatable bonds is 6. The Morgan fingerprint density at radius 1 is 1.04 bits per heavy atom. The second-order valence-corrected chi connectivity index (χ2v) is 6.17. The number of fused-ring (bicyclic) bond motifs is 1. The second-order valence-electron chi connectivity index (χ2n) is 6.17. The number of hydrogen-bond donors (Lipinski definition) is 1. The van der Waals surface area contributed by atoms with Crippen LogP contribution in [-0.2, 0) is 18.8 Å². The fraction of sp³-hybridized carbons (Fsp3) is 0.278. The third-order valence-electron chi connectivity index (χ3n) is 4.39. The fourth-order valence-corrected chi connectivity index (χ4v) is 3.02. The first-order valence-corrected chi connectivity index (χ1v) is 8.51. The quantitative estimate of drug-likeness (QED) is 0.559. The monoisotopic (exact) mass is 364 g/mol. The van der Waals surface area contributed by atoms with Gasteiger partial charge in [0.1, 0.15) is 5.82 Å². The summed E-state index contributed by atoms with van der Waals surface area (Å²) < 4.78 is 8.97. The Kier molecular flexibility index (Phi) is 4.51. The maximum atomic E-state index is 5.41. The number of hydrogen-bond acceptors (Lipinski definition) is 7. The molecule has 0 amide bonds. The van der Waals surface area contributed by atoms with Crippen molar-refractivity contribution in [3.63, 3.8) is 0 Å². The maximum absolute atomic E-state index is 5.41. The van der Waals surface area contributed by atoms with Crippen LogP contribution in [0.4, 0.5) is 5.82 Å². The zero-order chi connectivity index (χ0) is 18.8. The highest BCUT2D eigenvalue weighted by molar-refractivity contribution is 5.88. The van der Waals surface area contributed by atoms with Crippen LogP contribution < -0.4 is 5.32 Å². The molecule has 0 aliphatic heterocycles. The second kappa shape index (κ2) is 7.12. The molecule has 4 rings (SSSR count). The minimum Gasteiger partial charge on any atom is -0.382 e. The van der Waals surface area contributed by atoms with Crippen LogP contribution >= 0.6 is 0 Å². The molecule has 4 aromatic rings. The number of pyridine rings is 1. The van der Waals surface area contributed by atoms with Gasteiger partial charge in [-0.15, -0.1) is 0 Å². The SMILES string of the molecule is COCC(Nc1nc(-c2ccncc2)nc2c1cnn2C)c1ccnn1C. The first-order chi connectivity index (χ1) is 13.2. The van der Waals surface area contributed by atoms with Gasteiger partial charge in [0.2, 0.25) is 0 Å². The van der Waals surface area contributed by atoms with Crippen LogP contribution in [0.15, 0.2) is 43.0 Å². The Labute approximate surface area is 156 Å². The Morgan fingerprint density at radius 3 is 2.56 bits per heavy atom. The zero-order valence-electron chi connectivity index (χ0n) is 15.4. The summed E-state index contributed by atoms with van der Waals surface area (Å²) in [7, 11) is 5.44. The molecule has 9 heteroatoms. The van der Waals surface area contributed by atoms with Gasteiger partial charge >= 0.3 is 0 Å². The summed E-state index contributed by atoms with van der Waals surface area (Å²) >= 11 is 0. The lowest BCUT2D eigenvalue weighted by Crippen LogP contribution is -2.20. The van der Waals surface area contributed by atoms with E-state index in [1.54, 1.807) is 36.6 Å². The smallest absolute Gasteiger partial charge is 0.164 e. The van der Waals surface area contributed by atoms with E-state index in [0.717, 1.165) is 22.3 Å². The van der Waals surface area contributed by atoms with Crippen LogP contribution in [-0.4, -0.2) is 48.2 Å². The summed E-state index contributed by atoms with van der Waals surface area (Å²) in [6.45, 7) is 0.468. The molecule has 138 valence electrons. The van der Waals surface area contributed by atoms with Gasteiger partial charge in [0.05, 0.1) is 29.9 Å². The van der Waals surface area contributed by atoms with Crippen molar-refractivity contribution in [3.8, 4) is 11.4 Å². The molecule has 1 N–H and O–H groups in total. The molecule has 0 aromatic carbocycles. The largest absolute Gasteiger partial charge is 0.382 e. The highest BCUT2D eigenvalue weighted by Gasteiger charge is 2.19. The van der Waals surface area contributed by atoms with E-state index in [-0.39, 0.29) is 6.04 Å². The van der Waals surface area contributed by atoms with Crippen molar-refractivity contribution in [1.29, 1.82) is 0 Å². The minimum absolute atomic E-state index is 0.119. The number of aryl methyl sites for hydroxylation is 2. The Balaban J connectivity index is 1.81. The van der Waals surface area contributed by atoms with Crippen molar-refractivity contribution in [3.05, 3.63) is 48.7 Å². The van der Waals surface area contributed by atoms with Crippen LogP contribution in [0, 0.1) is 0 Å². The van der Waals surface area contributed by atoms with Crippen LogP contribution in [0.1, 0.15) is 11.7 Å². The van der Waals surface area contributed by atoms with Crippen molar-refractivity contribution in [2.45, 2.75) is 6.04 Å². The minimum atomic E-state index is -0.119. The van der Waals surface area contributed by atoms with E-state index in [4.69, 9.17) is 9.72 Å². The Hall–Kier alpha value is -3.33. The molecule has 0 radical (unpaired) electrons. The summed E-state index contributed by atoms with van der Waals surface area (Å²) in [6, 6.07) is 5.61. The molecule has 27 heavy (non-hydrogen) atoms. The lowest BCUT2D eigenvalue weighted by Gasteiger charge is -2.19. The molecule has 0 fully saturated rings. The van der Waals surface area contributed by atoms with Gasteiger partial charge in [-0.05, 0) is 18.2 Å². The van der Waals surface area contributed by atoms with E-state index in [1.807, 2.05) is 37.0 Å². The fourth-order valence-electron chi connectivity index (χ4n) is 3.02. The molecule has 9 nitrogen and oxygen atoms in total. The maximum Gasteiger partial charge on any atom is 0.164 e. The van der Waals surface area contributed by atoms with Crippen molar-refractivity contribution in [1.82, 2.24) is 34.5 Å². The number of nitrogens with zero attached hydrogens (tertiary/aromatic N) is 7.